The lowest BCUT2D eigenvalue weighted by molar-refractivity contribution is 0.0342. The Morgan fingerprint density at radius 3 is 2.62 bits per heavy atom. The molecule has 0 saturated carbocycles. The van der Waals surface area contributed by atoms with Crippen LogP contribution >= 0.6 is 0 Å². The largest absolute Gasteiger partial charge is 0.379 e. The molecule has 166 valence electrons. The van der Waals surface area contributed by atoms with E-state index in [0.717, 1.165) is 49.7 Å². The van der Waals surface area contributed by atoms with Crippen molar-refractivity contribution in [2.45, 2.75) is 13.5 Å². The highest BCUT2D eigenvalue weighted by molar-refractivity contribution is 6.07. The number of carbonyl (C=O) groups excluding carboxylic acids is 2. The summed E-state index contributed by atoms with van der Waals surface area (Å²) in [5.74, 6) is -0.508. The monoisotopic (exact) mass is 433 g/mol. The second kappa shape index (κ2) is 9.76. The third-order valence-corrected chi connectivity index (χ3v) is 5.49. The Hall–Kier alpha value is -3.49. The molecular weight excluding hydrogens is 406 g/mol. The number of amides is 2. The average molecular weight is 434 g/mol. The Kier molecular flexibility index (Phi) is 6.63. The van der Waals surface area contributed by atoms with E-state index < -0.39 is 0 Å². The summed E-state index contributed by atoms with van der Waals surface area (Å²) in [6, 6.07) is 13.1. The zero-order valence-corrected chi connectivity index (χ0v) is 18.3. The van der Waals surface area contributed by atoms with Gasteiger partial charge in [0, 0.05) is 43.6 Å². The maximum atomic E-state index is 12.9. The first-order valence-electron chi connectivity index (χ1n) is 10.6. The summed E-state index contributed by atoms with van der Waals surface area (Å²) in [4.78, 5) is 31.7. The fourth-order valence-electron chi connectivity index (χ4n) is 3.63. The highest BCUT2D eigenvalue weighted by Crippen LogP contribution is 2.20. The van der Waals surface area contributed by atoms with Crippen LogP contribution in [0.3, 0.4) is 0 Å². The van der Waals surface area contributed by atoms with Crippen LogP contribution in [0.2, 0.25) is 0 Å². The molecule has 1 aliphatic heterocycles. The number of carbonyl (C=O) groups is 2. The SMILES string of the molecule is Cc1ccc(C(=O)Nc2cccc(CN3CCOCC3)c2)cc1NC(=O)c1cncn1C. The smallest absolute Gasteiger partial charge is 0.273 e. The van der Waals surface area contributed by atoms with Crippen molar-refractivity contribution in [3.05, 3.63) is 77.4 Å². The number of morpholine rings is 1. The number of nitrogens with zero attached hydrogens (tertiary/aromatic N) is 3. The van der Waals surface area contributed by atoms with Gasteiger partial charge in [-0.2, -0.15) is 0 Å². The van der Waals surface area contributed by atoms with E-state index in [1.807, 2.05) is 31.2 Å². The molecule has 0 bridgehead atoms. The fourth-order valence-corrected chi connectivity index (χ4v) is 3.63. The number of hydrogen-bond donors (Lipinski definition) is 2. The molecule has 0 aliphatic carbocycles. The van der Waals surface area contributed by atoms with E-state index in [4.69, 9.17) is 4.74 Å². The molecule has 3 aromatic rings. The summed E-state index contributed by atoms with van der Waals surface area (Å²) in [5, 5.41) is 5.84. The molecule has 2 N–H and O–H groups in total. The van der Waals surface area contributed by atoms with Crippen molar-refractivity contribution >= 4 is 23.2 Å². The number of nitrogens with one attached hydrogen (secondary N) is 2. The molecule has 8 heteroatoms. The number of imidazole rings is 1. The normalized spacial score (nSPS) is 14.2. The second-order valence-electron chi connectivity index (χ2n) is 7.92. The third kappa shape index (κ3) is 5.22. The van der Waals surface area contributed by atoms with Gasteiger partial charge in [0.25, 0.3) is 11.8 Å². The summed E-state index contributed by atoms with van der Waals surface area (Å²) in [6.07, 6.45) is 3.07. The van der Waals surface area contributed by atoms with Gasteiger partial charge in [0.15, 0.2) is 0 Å². The molecular formula is C24H27N5O3. The minimum absolute atomic E-state index is 0.232. The van der Waals surface area contributed by atoms with Gasteiger partial charge >= 0.3 is 0 Å². The van der Waals surface area contributed by atoms with E-state index in [1.165, 1.54) is 6.20 Å². The van der Waals surface area contributed by atoms with Crippen LogP contribution in [-0.2, 0) is 18.3 Å². The molecule has 2 amide bonds. The van der Waals surface area contributed by atoms with Gasteiger partial charge in [0.05, 0.1) is 25.7 Å². The van der Waals surface area contributed by atoms with Crippen LogP contribution in [0.1, 0.15) is 32.0 Å². The Bertz CT molecular complexity index is 1120. The van der Waals surface area contributed by atoms with Gasteiger partial charge in [-0.25, -0.2) is 4.98 Å². The molecule has 32 heavy (non-hydrogen) atoms. The van der Waals surface area contributed by atoms with Gasteiger partial charge in [-0.05, 0) is 42.3 Å². The minimum Gasteiger partial charge on any atom is -0.379 e. The molecule has 1 aromatic heterocycles. The lowest BCUT2D eigenvalue weighted by Gasteiger charge is -2.26. The van der Waals surface area contributed by atoms with Crippen molar-refractivity contribution in [3.63, 3.8) is 0 Å². The van der Waals surface area contributed by atoms with Gasteiger partial charge in [0.1, 0.15) is 5.69 Å². The second-order valence-corrected chi connectivity index (χ2v) is 7.92. The number of rotatable bonds is 6. The summed E-state index contributed by atoms with van der Waals surface area (Å²) < 4.78 is 7.05. The van der Waals surface area contributed by atoms with Gasteiger partial charge in [-0.3, -0.25) is 14.5 Å². The van der Waals surface area contributed by atoms with E-state index in [1.54, 1.807) is 30.1 Å². The summed E-state index contributed by atoms with van der Waals surface area (Å²) in [6.45, 7) is 6.03. The molecule has 0 atom stereocenters. The van der Waals surface area contributed by atoms with E-state index in [9.17, 15) is 9.59 Å². The van der Waals surface area contributed by atoms with E-state index in [0.29, 0.717) is 16.9 Å². The van der Waals surface area contributed by atoms with E-state index in [2.05, 4.69) is 26.6 Å². The predicted octanol–water partition coefficient (Wildman–Crippen LogP) is 3.07. The first-order valence-corrected chi connectivity index (χ1v) is 10.6. The quantitative estimate of drug-likeness (QED) is 0.624. The molecule has 1 saturated heterocycles. The molecule has 0 spiro atoms. The minimum atomic E-state index is -0.276. The summed E-state index contributed by atoms with van der Waals surface area (Å²) in [7, 11) is 1.76. The molecule has 4 rings (SSSR count). The zero-order chi connectivity index (χ0) is 22.5. The first kappa shape index (κ1) is 21.7. The van der Waals surface area contributed by atoms with Crippen molar-refractivity contribution in [2.75, 3.05) is 36.9 Å². The molecule has 2 heterocycles. The number of aryl methyl sites for hydroxylation is 2. The number of benzene rings is 2. The van der Waals surface area contributed by atoms with Crippen LogP contribution in [-0.4, -0.2) is 52.6 Å². The highest BCUT2D eigenvalue weighted by atomic mass is 16.5. The van der Waals surface area contributed by atoms with Crippen molar-refractivity contribution < 1.29 is 14.3 Å². The average Bonchev–Trinajstić information content (AvgIpc) is 3.22. The van der Waals surface area contributed by atoms with Crippen molar-refractivity contribution in [2.24, 2.45) is 7.05 Å². The van der Waals surface area contributed by atoms with Crippen LogP contribution < -0.4 is 10.6 Å². The fraction of sp³-hybridized carbons (Fsp3) is 0.292. The number of hydrogen-bond acceptors (Lipinski definition) is 5. The van der Waals surface area contributed by atoms with E-state index in [-0.39, 0.29) is 11.8 Å². The summed E-state index contributed by atoms with van der Waals surface area (Å²) in [5.41, 5.74) is 4.24. The Balaban J connectivity index is 1.44. The Morgan fingerprint density at radius 2 is 1.88 bits per heavy atom. The van der Waals surface area contributed by atoms with Crippen LogP contribution in [0.15, 0.2) is 55.0 Å². The zero-order valence-electron chi connectivity index (χ0n) is 18.3. The first-order chi connectivity index (χ1) is 15.5. The van der Waals surface area contributed by atoms with Gasteiger partial charge in [0.2, 0.25) is 0 Å². The molecule has 1 fully saturated rings. The topological polar surface area (TPSA) is 88.5 Å². The van der Waals surface area contributed by atoms with Crippen LogP contribution in [0.5, 0.6) is 0 Å². The summed E-state index contributed by atoms with van der Waals surface area (Å²) >= 11 is 0. The molecule has 0 radical (unpaired) electrons. The van der Waals surface area contributed by atoms with Gasteiger partial charge < -0.3 is 19.9 Å². The lowest BCUT2D eigenvalue weighted by atomic mass is 10.1. The number of ether oxygens (including phenoxy) is 1. The highest BCUT2D eigenvalue weighted by Gasteiger charge is 2.15. The lowest BCUT2D eigenvalue weighted by Crippen LogP contribution is -2.35. The molecule has 8 nitrogen and oxygen atoms in total. The van der Waals surface area contributed by atoms with Crippen LogP contribution in [0.25, 0.3) is 0 Å². The maximum Gasteiger partial charge on any atom is 0.273 e. The van der Waals surface area contributed by atoms with Crippen molar-refractivity contribution in [1.82, 2.24) is 14.5 Å². The Morgan fingerprint density at radius 1 is 1.06 bits per heavy atom. The molecule has 0 unspecified atom stereocenters. The van der Waals surface area contributed by atoms with Gasteiger partial charge in [-0.15, -0.1) is 0 Å². The maximum absolute atomic E-state index is 12.9. The van der Waals surface area contributed by atoms with Crippen molar-refractivity contribution in [3.8, 4) is 0 Å². The third-order valence-electron chi connectivity index (χ3n) is 5.49. The standard InChI is InChI=1S/C24H27N5O3/c1-17-6-7-19(13-21(17)27-24(31)22-14-25-16-28(22)2)23(30)26-20-5-3-4-18(12-20)15-29-8-10-32-11-9-29/h3-7,12-14,16H,8-11,15H2,1-2H3,(H,26,30)(H,27,31). The Labute approximate surface area is 187 Å². The van der Waals surface area contributed by atoms with Crippen LogP contribution in [0, 0.1) is 6.92 Å². The molecule has 2 aromatic carbocycles. The van der Waals surface area contributed by atoms with Crippen molar-refractivity contribution in [1.29, 1.82) is 0 Å². The molecule has 1 aliphatic rings. The number of anilines is 2. The van der Waals surface area contributed by atoms with E-state index >= 15 is 0 Å². The van der Waals surface area contributed by atoms with Gasteiger partial charge in [-0.1, -0.05) is 18.2 Å². The van der Waals surface area contributed by atoms with Crippen LogP contribution in [0.4, 0.5) is 11.4 Å². The predicted molar refractivity (Wildman–Crippen MR) is 123 cm³/mol. The number of aromatic nitrogens is 2.